The van der Waals surface area contributed by atoms with Crippen LogP contribution >= 0.6 is 0 Å². The molecule has 0 aliphatic rings. The Labute approximate surface area is 230 Å². The third-order valence-electron chi connectivity index (χ3n) is 5.52. The van der Waals surface area contributed by atoms with Gasteiger partial charge in [-0.15, -0.1) is 13.2 Å². The number of hydrogen-bond donors (Lipinski definition) is 3. The molecule has 0 fully saturated rings. The number of carbonyl (C=O) groups excluding carboxylic acids is 2. The van der Waals surface area contributed by atoms with Crippen LogP contribution in [0.4, 0.5) is 18.9 Å². The van der Waals surface area contributed by atoms with Crippen LogP contribution < -0.4 is 25.0 Å². The molecule has 0 saturated heterocycles. The Morgan fingerprint density at radius 3 is 2.27 bits per heavy atom. The van der Waals surface area contributed by atoms with E-state index in [4.69, 9.17) is 9.84 Å². The Morgan fingerprint density at radius 2 is 1.65 bits per heavy atom. The summed E-state index contributed by atoms with van der Waals surface area (Å²) < 4.78 is 46.9. The molecule has 0 heterocycles. The van der Waals surface area contributed by atoms with Gasteiger partial charge in [0.25, 0.3) is 11.8 Å². The van der Waals surface area contributed by atoms with Crippen molar-refractivity contribution in [3.63, 3.8) is 0 Å². The second-order valence-electron chi connectivity index (χ2n) is 8.80. The molecular weight excluding hydrogens is 527 g/mol. The van der Waals surface area contributed by atoms with Crippen molar-refractivity contribution in [3.8, 4) is 11.5 Å². The first-order chi connectivity index (χ1) is 19.0. The van der Waals surface area contributed by atoms with Gasteiger partial charge in [-0.05, 0) is 65.7 Å². The molecule has 0 saturated carbocycles. The minimum atomic E-state index is -4.83. The molecule has 0 aliphatic carbocycles. The molecule has 0 bridgehead atoms. The first-order valence-corrected chi connectivity index (χ1v) is 12.3. The average molecular weight is 558 g/mol. The molecule has 3 aromatic rings. The molecule has 0 aliphatic heterocycles. The summed E-state index contributed by atoms with van der Waals surface area (Å²) in [6.07, 6.45) is -2.84. The highest BCUT2D eigenvalue weighted by Crippen LogP contribution is 2.23. The molecule has 0 atom stereocenters. The number of aliphatic hydroxyl groups is 1. The normalized spacial score (nSPS) is 11.5. The van der Waals surface area contributed by atoms with Crippen LogP contribution in [0.25, 0.3) is 6.08 Å². The lowest BCUT2D eigenvalue weighted by atomic mass is 10.1. The summed E-state index contributed by atoms with van der Waals surface area (Å²) in [6.45, 7) is 0.0576. The third-order valence-corrected chi connectivity index (χ3v) is 5.52. The van der Waals surface area contributed by atoms with E-state index < -0.39 is 23.9 Å². The number of hydrogen-bond acceptors (Lipinski definition) is 6. The van der Waals surface area contributed by atoms with Gasteiger partial charge in [-0.1, -0.05) is 24.3 Å². The summed E-state index contributed by atoms with van der Waals surface area (Å²) in [5, 5.41) is 14.0. The molecule has 3 N–H and O–H groups in total. The van der Waals surface area contributed by atoms with Crippen molar-refractivity contribution in [1.29, 1.82) is 0 Å². The summed E-state index contributed by atoms with van der Waals surface area (Å²) in [5.41, 5.74) is 2.65. The fraction of sp³-hybridized carbons (Fsp3) is 0.241. The molecule has 3 aromatic carbocycles. The number of benzene rings is 3. The largest absolute Gasteiger partial charge is 0.573 e. The number of halogens is 3. The number of rotatable bonds is 12. The van der Waals surface area contributed by atoms with E-state index in [1.807, 2.05) is 37.2 Å². The van der Waals surface area contributed by atoms with Gasteiger partial charge in [-0.3, -0.25) is 9.59 Å². The Balaban J connectivity index is 1.64. The summed E-state index contributed by atoms with van der Waals surface area (Å²) in [7, 11) is 3.95. The highest BCUT2D eigenvalue weighted by molar-refractivity contribution is 6.05. The van der Waals surface area contributed by atoms with E-state index in [2.05, 4.69) is 21.4 Å². The summed E-state index contributed by atoms with van der Waals surface area (Å²) in [5.74, 6) is -1.13. The fourth-order valence-corrected chi connectivity index (χ4v) is 3.53. The smallest absolute Gasteiger partial charge is 0.493 e. The second kappa shape index (κ2) is 14.0. The van der Waals surface area contributed by atoms with Crippen LogP contribution in [0.3, 0.4) is 0 Å². The number of aliphatic hydroxyl groups excluding tert-OH is 1. The van der Waals surface area contributed by atoms with Gasteiger partial charge >= 0.3 is 6.36 Å². The highest BCUT2D eigenvalue weighted by Gasteiger charge is 2.31. The van der Waals surface area contributed by atoms with Crippen molar-refractivity contribution in [2.24, 2.45) is 0 Å². The van der Waals surface area contributed by atoms with Crippen molar-refractivity contribution in [2.45, 2.75) is 12.8 Å². The van der Waals surface area contributed by atoms with Crippen LogP contribution in [0.2, 0.25) is 0 Å². The molecule has 8 nitrogen and oxygen atoms in total. The van der Waals surface area contributed by atoms with Crippen molar-refractivity contribution in [2.75, 3.05) is 38.8 Å². The fourth-order valence-electron chi connectivity index (χ4n) is 3.53. The molecular formula is C29H30F3N3O5. The zero-order chi connectivity index (χ0) is 29.1. The molecule has 11 heteroatoms. The standard InChI is InChI=1S/C29H30F3N3O5/c1-35(2)23-5-3-4-20(18-23)14-17-39-24-12-8-22(9-13-24)27(37)34-26(28(38)33-15-16-36)19-21-6-10-25(11-7-21)40-29(30,31)32/h3-13,18-19,36H,14-17H2,1-2H3,(H,33,38)(H,34,37)/b26-19+. The number of carbonyl (C=O) groups is 2. The number of alkyl halides is 3. The van der Waals surface area contributed by atoms with Crippen LogP contribution in [-0.4, -0.2) is 57.1 Å². The average Bonchev–Trinajstić information content (AvgIpc) is 2.92. The number of amides is 2. The van der Waals surface area contributed by atoms with Crippen LogP contribution in [0.5, 0.6) is 11.5 Å². The van der Waals surface area contributed by atoms with Gasteiger partial charge in [-0.25, -0.2) is 0 Å². The Kier molecular flexibility index (Phi) is 10.5. The van der Waals surface area contributed by atoms with E-state index in [1.165, 1.54) is 18.2 Å². The Morgan fingerprint density at radius 1 is 0.975 bits per heavy atom. The van der Waals surface area contributed by atoms with Crippen LogP contribution in [0.1, 0.15) is 21.5 Å². The van der Waals surface area contributed by atoms with Crippen molar-refractivity contribution < 1.29 is 37.3 Å². The number of ether oxygens (including phenoxy) is 2. The lowest BCUT2D eigenvalue weighted by molar-refractivity contribution is -0.274. The molecule has 0 radical (unpaired) electrons. The molecule has 40 heavy (non-hydrogen) atoms. The number of anilines is 1. The quantitative estimate of drug-likeness (QED) is 0.290. The topological polar surface area (TPSA) is 100 Å². The monoisotopic (exact) mass is 557 g/mol. The second-order valence-corrected chi connectivity index (χ2v) is 8.80. The minimum Gasteiger partial charge on any atom is -0.493 e. The predicted molar refractivity (Wildman–Crippen MR) is 145 cm³/mol. The zero-order valence-electron chi connectivity index (χ0n) is 22.0. The van der Waals surface area contributed by atoms with Crippen molar-refractivity contribution >= 4 is 23.6 Å². The van der Waals surface area contributed by atoms with E-state index in [0.717, 1.165) is 23.4 Å². The van der Waals surface area contributed by atoms with Gasteiger partial charge < -0.3 is 30.1 Å². The first-order valence-electron chi connectivity index (χ1n) is 12.3. The van der Waals surface area contributed by atoms with E-state index in [0.29, 0.717) is 24.3 Å². The molecule has 0 spiro atoms. The van der Waals surface area contributed by atoms with E-state index in [1.54, 1.807) is 24.3 Å². The summed E-state index contributed by atoms with van der Waals surface area (Å²) >= 11 is 0. The van der Waals surface area contributed by atoms with Crippen LogP contribution in [0, 0.1) is 0 Å². The van der Waals surface area contributed by atoms with Gasteiger partial charge in [0, 0.05) is 38.3 Å². The van der Waals surface area contributed by atoms with Gasteiger partial charge in [0.15, 0.2) is 0 Å². The zero-order valence-corrected chi connectivity index (χ0v) is 22.0. The van der Waals surface area contributed by atoms with Crippen LogP contribution in [-0.2, 0) is 11.2 Å². The number of nitrogens with zero attached hydrogens (tertiary/aromatic N) is 1. The molecule has 3 rings (SSSR count). The van der Waals surface area contributed by atoms with Crippen molar-refractivity contribution in [3.05, 3.63) is 95.2 Å². The maximum Gasteiger partial charge on any atom is 0.573 e. The number of nitrogens with one attached hydrogen (secondary N) is 2. The lowest BCUT2D eigenvalue weighted by Gasteiger charge is -2.14. The Bertz CT molecular complexity index is 1310. The molecule has 2 amide bonds. The van der Waals surface area contributed by atoms with Gasteiger partial charge in [0.05, 0.1) is 13.2 Å². The summed E-state index contributed by atoms with van der Waals surface area (Å²) in [6, 6.07) is 19.3. The van der Waals surface area contributed by atoms with E-state index in [-0.39, 0.29) is 24.4 Å². The van der Waals surface area contributed by atoms with Crippen molar-refractivity contribution in [1.82, 2.24) is 10.6 Å². The van der Waals surface area contributed by atoms with Gasteiger partial charge in [0.2, 0.25) is 0 Å². The third kappa shape index (κ3) is 9.66. The van der Waals surface area contributed by atoms with E-state index >= 15 is 0 Å². The Hall–Kier alpha value is -4.51. The van der Waals surface area contributed by atoms with Gasteiger partial charge in [-0.2, -0.15) is 0 Å². The molecule has 212 valence electrons. The SMILES string of the molecule is CN(C)c1cccc(CCOc2ccc(C(=O)N/C(=C/c3ccc(OC(F)(F)F)cc3)C(=O)NCCO)cc2)c1. The maximum absolute atomic E-state index is 12.9. The lowest BCUT2D eigenvalue weighted by Crippen LogP contribution is -2.36. The van der Waals surface area contributed by atoms with Crippen LogP contribution in [0.15, 0.2) is 78.5 Å². The predicted octanol–water partition coefficient (Wildman–Crippen LogP) is 4.15. The maximum atomic E-state index is 12.9. The summed E-state index contributed by atoms with van der Waals surface area (Å²) in [4.78, 5) is 27.5. The molecule has 0 unspecified atom stereocenters. The highest BCUT2D eigenvalue weighted by atomic mass is 19.4. The first kappa shape index (κ1) is 30.0. The minimum absolute atomic E-state index is 0.0596. The van der Waals surface area contributed by atoms with Gasteiger partial charge in [0.1, 0.15) is 17.2 Å². The van der Waals surface area contributed by atoms with E-state index in [9.17, 15) is 22.8 Å². The molecule has 0 aromatic heterocycles.